The second-order valence-corrected chi connectivity index (χ2v) is 5.94. The summed E-state index contributed by atoms with van der Waals surface area (Å²) in [5, 5.41) is 36.9. The molecule has 6 nitrogen and oxygen atoms in total. The maximum absolute atomic E-state index is 11.0. The van der Waals surface area contributed by atoms with Gasteiger partial charge in [0.25, 0.3) is 0 Å². The molecule has 1 aliphatic rings. The minimum absolute atomic E-state index is 0.104. The van der Waals surface area contributed by atoms with Gasteiger partial charge in [-0.15, -0.1) is 11.8 Å². The van der Waals surface area contributed by atoms with E-state index >= 15 is 0 Å². The van der Waals surface area contributed by atoms with E-state index in [-0.39, 0.29) is 13.1 Å². The predicted octanol–water partition coefficient (Wildman–Crippen LogP) is 0.736. The fourth-order valence-electron chi connectivity index (χ4n) is 2.08. The van der Waals surface area contributed by atoms with E-state index in [0.717, 1.165) is 9.80 Å². The average molecular weight is 294 g/mol. The van der Waals surface area contributed by atoms with Gasteiger partial charge in [0.15, 0.2) is 0 Å². The molecule has 0 aromatic heterocycles. The molecule has 1 aromatic rings. The first-order valence-electron chi connectivity index (χ1n) is 5.96. The lowest BCUT2D eigenvalue weighted by Gasteiger charge is -2.25. The Morgan fingerprint density at radius 1 is 1.50 bits per heavy atom. The number of hydrogen-bond acceptors (Lipinski definition) is 5. The molecule has 106 valence electrons. The Bertz CT molecular complexity index is 542. The summed E-state index contributed by atoms with van der Waals surface area (Å²) >= 11 is 1.30. The summed E-state index contributed by atoms with van der Waals surface area (Å²) in [6.07, 6.45) is -1.11. The SMILES string of the molecule is N#Cc1ccc(S[C@H]2CN(C(=O)O)C[C@@]2(O)CO)cc1. The zero-order chi connectivity index (χ0) is 14.8. The molecular formula is C13H14N2O4S. The predicted molar refractivity (Wildman–Crippen MR) is 72.4 cm³/mol. The third-order valence-electron chi connectivity index (χ3n) is 3.26. The molecule has 0 aliphatic carbocycles. The van der Waals surface area contributed by atoms with Crippen LogP contribution >= 0.6 is 11.8 Å². The number of aliphatic hydroxyl groups is 2. The summed E-state index contributed by atoms with van der Waals surface area (Å²) in [6, 6.07) is 8.81. The van der Waals surface area contributed by atoms with Crippen molar-refractivity contribution >= 4 is 17.9 Å². The number of carbonyl (C=O) groups is 1. The Balaban J connectivity index is 2.14. The molecule has 1 heterocycles. The van der Waals surface area contributed by atoms with Crippen LogP contribution in [0.4, 0.5) is 4.79 Å². The van der Waals surface area contributed by atoms with Crippen molar-refractivity contribution in [3.63, 3.8) is 0 Å². The van der Waals surface area contributed by atoms with Crippen LogP contribution in [0.15, 0.2) is 29.2 Å². The third-order valence-corrected chi connectivity index (χ3v) is 4.67. The Kier molecular flexibility index (Phi) is 4.18. The summed E-state index contributed by atoms with van der Waals surface area (Å²) in [5.41, 5.74) is -0.915. The van der Waals surface area contributed by atoms with E-state index in [1.807, 2.05) is 6.07 Å². The smallest absolute Gasteiger partial charge is 0.407 e. The van der Waals surface area contributed by atoms with Crippen molar-refractivity contribution in [3.05, 3.63) is 29.8 Å². The maximum Gasteiger partial charge on any atom is 0.407 e. The number of amides is 1. The zero-order valence-corrected chi connectivity index (χ0v) is 11.4. The highest BCUT2D eigenvalue weighted by Gasteiger charge is 2.47. The Morgan fingerprint density at radius 3 is 2.65 bits per heavy atom. The minimum Gasteiger partial charge on any atom is -0.465 e. The Hall–Kier alpha value is -1.75. The number of nitrogens with zero attached hydrogens (tertiary/aromatic N) is 2. The highest BCUT2D eigenvalue weighted by Crippen LogP contribution is 2.36. The van der Waals surface area contributed by atoms with E-state index in [9.17, 15) is 15.0 Å². The molecule has 0 bridgehead atoms. The molecule has 20 heavy (non-hydrogen) atoms. The fraction of sp³-hybridized carbons (Fsp3) is 0.385. The van der Waals surface area contributed by atoms with Crippen LogP contribution < -0.4 is 0 Å². The van der Waals surface area contributed by atoms with Gasteiger partial charge in [0.05, 0.1) is 30.0 Å². The number of hydrogen-bond donors (Lipinski definition) is 3. The average Bonchev–Trinajstić information content (AvgIpc) is 2.78. The molecule has 0 spiro atoms. The number of carboxylic acid groups (broad SMARTS) is 1. The number of thioether (sulfide) groups is 1. The summed E-state index contributed by atoms with van der Waals surface area (Å²) in [6.45, 7) is -0.450. The topological polar surface area (TPSA) is 105 Å². The van der Waals surface area contributed by atoms with E-state index in [2.05, 4.69) is 0 Å². The van der Waals surface area contributed by atoms with Crippen LogP contribution in [-0.4, -0.2) is 56.9 Å². The maximum atomic E-state index is 11.0. The number of benzene rings is 1. The summed E-state index contributed by atoms with van der Waals surface area (Å²) in [5.74, 6) is 0. The quantitative estimate of drug-likeness (QED) is 0.759. The van der Waals surface area contributed by atoms with Crippen LogP contribution in [-0.2, 0) is 0 Å². The van der Waals surface area contributed by atoms with E-state index in [1.54, 1.807) is 24.3 Å². The van der Waals surface area contributed by atoms with Gasteiger partial charge in [0.2, 0.25) is 0 Å². The number of nitriles is 1. The third kappa shape index (κ3) is 2.88. The van der Waals surface area contributed by atoms with Crippen LogP contribution in [0, 0.1) is 11.3 Å². The molecule has 1 saturated heterocycles. The van der Waals surface area contributed by atoms with Crippen LogP contribution in [0.25, 0.3) is 0 Å². The normalized spacial score (nSPS) is 25.4. The molecule has 3 N–H and O–H groups in total. The fourth-order valence-corrected chi connectivity index (χ4v) is 3.33. The highest BCUT2D eigenvalue weighted by atomic mass is 32.2. The zero-order valence-electron chi connectivity index (χ0n) is 10.6. The molecule has 0 unspecified atom stereocenters. The summed E-state index contributed by atoms with van der Waals surface area (Å²) < 4.78 is 0. The van der Waals surface area contributed by atoms with Gasteiger partial charge in [-0.3, -0.25) is 0 Å². The van der Waals surface area contributed by atoms with Gasteiger partial charge < -0.3 is 20.2 Å². The van der Waals surface area contributed by atoms with Gasteiger partial charge >= 0.3 is 6.09 Å². The van der Waals surface area contributed by atoms with E-state index in [0.29, 0.717) is 5.56 Å². The van der Waals surface area contributed by atoms with Crippen molar-refractivity contribution in [2.75, 3.05) is 19.7 Å². The van der Waals surface area contributed by atoms with Gasteiger partial charge in [0.1, 0.15) is 5.60 Å². The second kappa shape index (κ2) is 5.71. The number of likely N-dealkylation sites (tertiary alicyclic amines) is 1. The number of β-amino-alcohol motifs (C(OH)–C–C–N with tert-alkyl or cyclic N) is 1. The molecule has 1 fully saturated rings. The molecule has 2 rings (SSSR count). The molecule has 0 saturated carbocycles. The first kappa shape index (κ1) is 14.7. The largest absolute Gasteiger partial charge is 0.465 e. The molecule has 1 amide bonds. The van der Waals surface area contributed by atoms with Gasteiger partial charge in [-0.1, -0.05) is 0 Å². The van der Waals surface area contributed by atoms with Gasteiger partial charge in [-0.2, -0.15) is 5.26 Å². The van der Waals surface area contributed by atoms with Crippen molar-refractivity contribution in [1.29, 1.82) is 5.26 Å². The standard InChI is InChI=1S/C13H14N2O4S/c14-5-9-1-3-10(4-2-9)20-11-6-15(12(17)18)7-13(11,19)8-16/h1-4,11,16,19H,6-8H2,(H,17,18)/t11-,13+/m0/s1. The lowest BCUT2D eigenvalue weighted by molar-refractivity contribution is -0.000718. The Labute approximate surface area is 120 Å². The molecule has 0 radical (unpaired) electrons. The lowest BCUT2D eigenvalue weighted by atomic mass is 10.1. The van der Waals surface area contributed by atoms with Crippen molar-refractivity contribution in [2.24, 2.45) is 0 Å². The van der Waals surface area contributed by atoms with Crippen molar-refractivity contribution in [1.82, 2.24) is 4.90 Å². The van der Waals surface area contributed by atoms with Crippen LogP contribution in [0.3, 0.4) is 0 Å². The second-order valence-electron chi connectivity index (χ2n) is 4.67. The first-order chi connectivity index (χ1) is 9.48. The Morgan fingerprint density at radius 2 is 2.15 bits per heavy atom. The van der Waals surface area contributed by atoms with Gasteiger partial charge in [-0.05, 0) is 24.3 Å². The van der Waals surface area contributed by atoms with E-state index < -0.39 is 23.6 Å². The van der Waals surface area contributed by atoms with E-state index in [4.69, 9.17) is 10.4 Å². The van der Waals surface area contributed by atoms with Crippen LogP contribution in [0.5, 0.6) is 0 Å². The van der Waals surface area contributed by atoms with Crippen LogP contribution in [0.1, 0.15) is 5.56 Å². The lowest BCUT2D eigenvalue weighted by Crippen LogP contribution is -2.44. The van der Waals surface area contributed by atoms with Crippen LogP contribution in [0.2, 0.25) is 0 Å². The molecule has 2 atom stereocenters. The highest BCUT2D eigenvalue weighted by molar-refractivity contribution is 8.00. The van der Waals surface area contributed by atoms with E-state index in [1.165, 1.54) is 11.8 Å². The molecule has 1 aliphatic heterocycles. The molecule has 7 heteroatoms. The van der Waals surface area contributed by atoms with Crippen molar-refractivity contribution in [3.8, 4) is 6.07 Å². The summed E-state index contributed by atoms with van der Waals surface area (Å²) in [4.78, 5) is 12.9. The number of rotatable bonds is 3. The van der Waals surface area contributed by atoms with Crippen molar-refractivity contribution < 1.29 is 20.1 Å². The van der Waals surface area contributed by atoms with Gasteiger partial charge in [-0.25, -0.2) is 4.79 Å². The van der Waals surface area contributed by atoms with Crippen molar-refractivity contribution in [2.45, 2.75) is 15.7 Å². The summed E-state index contributed by atoms with van der Waals surface area (Å²) in [7, 11) is 0. The van der Waals surface area contributed by atoms with Gasteiger partial charge in [0, 0.05) is 11.4 Å². The monoisotopic (exact) mass is 294 g/mol. The molecular weight excluding hydrogens is 280 g/mol. The number of aliphatic hydroxyl groups excluding tert-OH is 1. The minimum atomic E-state index is -1.45. The first-order valence-corrected chi connectivity index (χ1v) is 6.84. The molecule has 1 aromatic carbocycles.